The van der Waals surface area contributed by atoms with Crippen molar-refractivity contribution >= 4 is 10.9 Å². The Morgan fingerprint density at radius 3 is 2.73 bits per heavy atom. The summed E-state index contributed by atoms with van der Waals surface area (Å²) >= 11 is 0. The first-order valence-electron chi connectivity index (χ1n) is 8.86. The lowest BCUT2D eigenvalue weighted by Crippen LogP contribution is -2.32. The summed E-state index contributed by atoms with van der Waals surface area (Å²) < 4.78 is 8.45. The first kappa shape index (κ1) is 16.3. The number of fused-ring (bicyclic) bond motifs is 2. The summed E-state index contributed by atoms with van der Waals surface area (Å²) in [7, 11) is 2.11. The molecule has 1 aromatic heterocycles. The lowest BCUT2D eigenvalue weighted by Gasteiger charge is -2.16. The molecule has 2 aromatic carbocycles. The first-order chi connectivity index (χ1) is 12.6. The quantitative estimate of drug-likeness (QED) is 0.555. The van der Waals surface area contributed by atoms with Gasteiger partial charge < -0.3 is 4.74 Å². The van der Waals surface area contributed by atoms with Gasteiger partial charge in [0.1, 0.15) is 18.6 Å². The zero-order valence-corrected chi connectivity index (χ0v) is 15.2. The van der Waals surface area contributed by atoms with E-state index in [0.29, 0.717) is 5.76 Å². The molecular weight excluding hydrogens is 318 g/mol. The van der Waals surface area contributed by atoms with E-state index in [2.05, 4.69) is 79.7 Å². The zero-order valence-electron chi connectivity index (χ0n) is 15.2. The predicted octanol–water partition coefficient (Wildman–Crippen LogP) is 5.20. The van der Waals surface area contributed by atoms with Gasteiger partial charge in [-0.05, 0) is 42.7 Å². The van der Waals surface area contributed by atoms with Crippen LogP contribution < -0.4 is 9.30 Å². The molecule has 1 aliphatic heterocycles. The molecule has 0 saturated carbocycles. The van der Waals surface area contributed by atoms with Gasteiger partial charge in [-0.2, -0.15) is 4.57 Å². The van der Waals surface area contributed by atoms with Gasteiger partial charge in [-0.25, -0.2) is 0 Å². The molecular formula is C24H22NO+. The smallest absolute Gasteiger partial charge is 0.216 e. The summed E-state index contributed by atoms with van der Waals surface area (Å²) in [6.07, 6.45) is 8.89. The summed E-state index contributed by atoms with van der Waals surface area (Å²) in [5, 5.41) is 1.23. The summed E-state index contributed by atoms with van der Waals surface area (Å²) in [6, 6.07) is 17.1. The van der Waals surface area contributed by atoms with E-state index in [4.69, 9.17) is 4.74 Å². The summed E-state index contributed by atoms with van der Waals surface area (Å²) in [6.45, 7) is 6.18. The van der Waals surface area contributed by atoms with Crippen LogP contribution in [0, 0.1) is 6.92 Å². The Morgan fingerprint density at radius 2 is 1.85 bits per heavy atom. The normalized spacial score (nSPS) is 16.2. The fraction of sp³-hybridized carbons (Fsp3) is 0.125. The molecule has 2 nitrogen and oxygen atoms in total. The van der Waals surface area contributed by atoms with Gasteiger partial charge in [-0.1, -0.05) is 49.1 Å². The number of allylic oxidation sites excluding steroid dienone is 4. The first-order valence-corrected chi connectivity index (χ1v) is 8.86. The second-order valence-corrected chi connectivity index (χ2v) is 6.64. The molecule has 0 fully saturated rings. The SMILES string of the molecule is C=C1/C=C\C=C/Cc2ccc(C)c(-c3ccc4ccccc4[n+]3C)c2O1. The Kier molecular flexibility index (Phi) is 4.18. The van der Waals surface area contributed by atoms with E-state index in [1.165, 1.54) is 22.0 Å². The number of rotatable bonds is 1. The van der Waals surface area contributed by atoms with Crippen molar-refractivity contribution in [3.63, 3.8) is 0 Å². The van der Waals surface area contributed by atoms with Crippen LogP contribution in [0.25, 0.3) is 22.2 Å². The number of aromatic nitrogens is 1. The molecule has 26 heavy (non-hydrogen) atoms. The Hall–Kier alpha value is -3.13. The molecule has 0 bridgehead atoms. The van der Waals surface area contributed by atoms with Crippen LogP contribution in [0.2, 0.25) is 0 Å². The average molecular weight is 340 g/mol. The highest BCUT2D eigenvalue weighted by Crippen LogP contribution is 2.37. The second kappa shape index (κ2) is 6.64. The van der Waals surface area contributed by atoms with Crippen LogP contribution in [0.1, 0.15) is 11.1 Å². The lowest BCUT2D eigenvalue weighted by atomic mass is 9.97. The van der Waals surface area contributed by atoms with Crippen molar-refractivity contribution in [3.05, 3.63) is 96.3 Å². The Labute approximate surface area is 154 Å². The fourth-order valence-electron chi connectivity index (χ4n) is 3.52. The fourth-order valence-corrected chi connectivity index (χ4v) is 3.52. The molecule has 0 radical (unpaired) electrons. The maximum Gasteiger partial charge on any atom is 0.216 e. The molecule has 0 atom stereocenters. The van der Waals surface area contributed by atoms with Gasteiger partial charge in [0.25, 0.3) is 0 Å². The number of nitrogens with zero attached hydrogens (tertiary/aromatic N) is 1. The monoisotopic (exact) mass is 340 g/mol. The van der Waals surface area contributed by atoms with E-state index >= 15 is 0 Å². The molecule has 0 spiro atoms. The molecule has 2 heterocycles. The van der Waals surface area contributed by atoms with Crippen LogP contribution in [0.15, 0.2) is 85.2 Å². The number of hydrogen-bond acceptors (Lipinski definition) is 1. The van der Waals surface area contributed by atoms with Gasteiger partial charge in [0, 0.05) is 17.5 Å². The van der Waals surface area contributed by atoms with Gasteiger partial charge in [0.15, 0.2) is 0 Å². The molecule has 1 aliphatic rings. The Balaban J connectivity index is 1.99. The van der Waals surface area contributed by atoms with Crippen LogP contribution in [0.5, 0.6) is 5.75 Å². The standard InChI is InChI=1S/C24H22NO/c1-17-13-14-20-11-6-4-5-9-18(2)26-24(20)23(17)22-16-15-19-10-7-8-12-21(19)25(22)3/h4-10,12-16H,2,11H2,1,3H3/q+1/b6-4-,9-5-. The zero-order chi connectivity index (χ0) is 18.1. The molecule has 2 heteroatoms. The highest BCUT2D eigenvalue weighted by atomic mass is 16.5. The van der Waals surface area contributed by atoms with Crippen LogP contribution >= 0.6 is 0 Å². The number of benzene rings is 2. The maximum absolute atomic E-state index is 6.22. The van der Waals surface area contributed by atoms with Gasteiger partial charge in [0.05, 0.1) is 5.56 Å². The highest BCUT2D eigenvalue weighted by molar-refractivity contribution is 5.79. The average Bonchev–Trinajstić information content (AvgIpc) is 2.73. The molecule has 4 rings (SSSR count). The third kappa shape index (κ3) is 2.84. The number of aryl methyl sites for hydroxylation is 2. The number of hydrogen-bond donors (Lipinski definition) is 0. The van der Waals surface area contributed by atoms with Gasteiger partial charge >= 0.3 is 0 Å². The van der Waals surface area contributed by atoms with Crippen LogP contribution in [-0.4, -0.2) is 0 Å². The van der Waals surface area contributed by atoms with Gasteiger partial charge in [0.2, 0.25) is 11.2 Å². The summed E-state index contributed by atoms with van der Waals surface area (Å²) in [4.78, 5) is 0. The Morgan fingerprint density at radius 1 is 1.00 bits per heavy atom. The number of para-hydroxylation sites is 1. The third-order valence-electron chi connectivity index (χ3n) is 4.88. The predicted molar refractivity (Wildman–Crippen MR) is 107 cm³/mol. The van der Waals surface area contributed by atoms with Crippen LogP contribution in [0.3, 0.4) is 0 Å². The van der Waals surface area contributed by atoms with E-state index in [-0.39, 0.29) is 0 Å². The van der Waals surface area contributed by atoms with E-state index in [0.717, 1.165) is 23.4 Å². The van der Waals surface area contributed by atoms with Gasteiger partial charge in [-0.3, -0.25) is 0 Å². The van der Waals surface area contributed by atoms with E-state index in [1.807, 2.05) is 18.2 Å². The molecule has 128 valence electrons. The summed E-state index contributed by atoms with van der Waals surface area (Å²) in [5.41, 5.74) is 5.82. The topological polar surface area (TPSA) is 13.1 Å². The van der Waals surface area contributed by atoms with E-state index in [1.54, 1.807) is 0 Å². The molecule has 0 unspecified atom stereocenters. The van der Waals surface area contributed by atoms with Crippen molar-refractivity contribution in [1.82, 2.24) is 0 Å². The van der Waals surface area contributed by atoms with Gasteiger partial charge in [-0.15, -0.1) is 0 Å². The lowest BCUT2D eigenvalue weighted by molar-refractivity contribution is -0.633. The van der Waals surface area contributed by atoms with E-state index < -0.39 is 0 Å². The van der Waals surface area contributed by atoms with Crippen molar-refractivity contribution in [2.24, 2.45) is 7.05 Å². The second-order valence-electron chi connectivity index (χ2n) is 6.64. The van der Waals surface area contributed by atoms with E-state index in [9.17, 15) is 0 Å². The van der Waals surface area contributed by atoms with Crippen molar-refractivity contribution in [3.8, 4) is 17.0 Å². The van der Waals surface area contributed by atoms with Crippen molar-refractivity contribution in [1.29, 1.82) is 0 Å². The maximum atomic E-state index is 6.22. The highest BCUT2D eigenvalue weighted by Gasteiger charge is 2.23. The van der Waals surface area contributed by atoms with Crippen LogP contribution in [-0.2, 0) is 13.5 Å². The third-order valence-corrected chi connectivity index (χ3v) is 4.88. The molecule has 0 aliphatic carbocycles. The van der Waals surface area contributed by atoms with Crippen molar-refractivity contribution < 1.29 is 9.30 Å². The summed E-state index contributed by atoms with van der Waals surface area (Å²) in [5.74, 6) is 1.55. The molecule has 0 saturated heterocycles. The number of ether oxygens (including phenoxy) is 1. The Bertz CT molecular complexity index is 1070. The minimum absolute atomic E-state index is 0.646. The molecule has 0 amide bonds. The molecule has 3 aromatic rings. The van der Waals surface area contributed by atoms with Crippen LogP contribution in [0.4, 0.5) is 0 Å². The minimum Gasteiger partial charge on any atom is -0.457 e. The van der Waals surface area contributed by atoms with Crippen molar-refractivity contribution in [2.75, 3.05) is 0 Å². The molecule has 0 N–H and O–H groups in total. The minimum atomic E-state index is 0.646. The largest absolute Gasteiger partial charge is 0.457 e. The number of pyridine rings is 1. The van der Waals surface area contributed by atoms with Crippen molar-refractivity contribution in [2.45, 2.75) is 13.3 Å².